The Morgan fingerprint density at radius 3 is 3.00 bits per heavy atom. The molecule has 0 aromatic carbocycles. The van der Waals surface area contributed by atoms with Crippen molar-refractivity contribution in [3.8, 4) is 5.88 Å². The van der Waals surface area contributed by atoms with E-state index in [0.29, 0.717) is 6.61 Å². The van der Waals surface area contributed by atoms with Gasteiger partial charge in [-0.1, -0.05) is 0 Å². The summed E-state index contributed by atoms with van der Waals surface area (Å²) in [6.07, 6.45) is 2.35. The number of esters is 1. The predicted molar refractivity (Wildman–Crippen MR) is 40.7 cm³/mol. The zero-order valence-electron chi connectivity index (χ0n) is 6.57. The van der Waals surface area contributed by atoms with Crippen molar-refractivity contribution >= 4 is 5.97 Å². The Morgan fingerprint density at radius 2 is 2.50 bits per heavy atom. The number of carbonyl (C=O) groups is 1. The van der Waals surface area contributed by atoms with E-state index in [1.165, 1.54) is 12.1 Å². The highest BCUT2D eigenvalue weighted by Crippen LogP contribution is 2.05. The number of carbonyl (C=O) groups excluding carboxylic acids is 1. The Hall–Kier alpha value is -1.58. The van der Waals surface area contributed by atoms with E-state index in [2.05, 4.69) is 15.9 Å². The van der Waals surface area contributed by atoms with E-state index in [-0.39, 0.29) is 11.4 Å². The molecule has 0 bridgehead atoms. The van der Waals surface area contributed by atoms with E-state index >= 15 is 0 Å². The van der Waals surface area contributed by atoms with Crippen LogP contribution in [0.15, 0.2) is 12.1 Å². The van der Waals surface area contributed by atoms with Gasteiger partial charge >= 0.3 is 5.97 Å². The summed E-state index contributed by atoms with van der Waals surface area (Å²) in [5, 5.41) is 8.77. The Balaban J connectivity index is 2.75. The van der Waals surface area contributed by atoms with Crippen molar-refractivity contribution in [1.82, 2.24) is 4.98 Å². The number of aromatic nitrogens is 1. The molecule has 1 aromatic rings. The van der Waals surface area contributed by atoms with Crippen LogP contribution >= 0.6 is 0 Å². The average molecular weight is 166 g/mol. The minimum Gasteiger partial charge on any atom is -0.493 e. The van der Waals surface area contributed by atoms with Crippen molar-refractivity contribution in [3.63, 3.8) is 0 Å². The smallest absolute Gasteiger partial charge is 0.340 e. The molecule has 1 rings (SSSR count). The Bertz CT molecular complexity index is 268. The number of ether oxygens (including phenoxy) is 1. The van der Waals surface area contributed by atoms with Gasteiger partial charge in [-0.3, -0.25) is 0 Å². The quantitative estimate of drug-likeness (QED) is 0.659. The number of nitrogens with zero attached hydrogens (tertiary/aromatic N) is 1. The molecule has 4 heteroatoms. The molecule has 0 saturated heterocycles. The maximum absolute atomic E-state index is 11.0. The predicted octanol–water partition coefficient (Wildman–Crippen LogP) is 0.764. The molecule has 0 aliphatic heterocycles. The van der Waals surface area contributed by atoms with Gasteiger partial charge in [0.05, 0.1) is 12.2 Å². The third-order valence-electron chi connectivity index (χ3n) is 1.19. The summed E-state index contributed by atoms with van der Waals surface area (Å²) in [6, 6.07) is 2.71. The van der Waals surface area contributed by atoms with Crippen LogP contribution < -0.4 is 0 Å². The minimum atomic E-state index is -0.481. The molecule has 0 aliphatic carbocycles. The van der Waals surface area contributed by atoms with Gasteiger partial charge in [0.25, 0.3) is 0 Å². The lowest BCUT2D eigenvalue weighted by Crippen LogP contribution is -2.04. The first-order valence-corrected chi connectivity index (χ1v) is 3.49. The minimum absolute atomic E-state index is 0.164. The lowest BCUT2D eigenvalue weighted by atomic mass is 10.3. The number of hydrogen-bond acceptors (Lipinski definition) is 4. The molecular formula is C8H8NO3. The summed E-state index contributed by atoms with van der Waals surface area (Å²) in [5.74, 6) is -0.645. The summed E-state index contributed by atoms with van der Waals surface area (Å²) in [5.41, 5.74) is 0.217. The Kier molecular flexibility index (Phi) is 2.63. The zero-order valence-corrected chi connectivity index (χ0v) is 6.57. The largest absolute Gasteiger partial charge is 0.493 e. The summed E-state index contributed by atoms with van der Waals surface area (Å²) in [7, 11) is 0. The fraction of sp³-hybridized carbons (Fsp3) is 0.250. The van der Waals surface area contributed by atoms with Crippen LogP contribution in [0.4, 0.5) is 0 Å². The topological polar surface area (TPSA) is 59.4 Å². The van der Waals surface area contributed by atoms with Crippen molar-refractivity contribution < 1.29 is 14.6 Å². The molecule has 0 fully saturated rings. The van der Waals surface area contributed by atoms with E-state index in [4.69, 9.17) is 5.11 Å². The van der Waals surface area contributed by atoms with Crippen molar-refractivity contribution in [2.45, 2.75) is 6.92 Å². The summed E-state index contributed by atoms with van der Waals surface area (Å²) >= 11 is 0. The molecule has 1 N–H and O–H groups in total. The van der Waals surface area contributed by atoms with Crippen LogP contribution in [0.3, 0.4) is 0 Å². The van der Waals surface area contributed by atoms with Crippen molar-refractivity contribution in [3.05, 3.63) is 23.9 Å². The van der Waals surface area contributed by atoms with Gasteiger partial charge in [0.1, 0.15) is 6.20 Å². The van der Waals surface area contributed by atoms with Crippen LogP contribution in [-0.4, -0.2) is 22.7 Å². The molecule has 1 aromatic heterocycles. The molecular weight excluding hydrogens is 158 g/mol. The highest BCUT2D eigenvalue weighted by atomic mass is 16.5. The van der Waals surface area contributed by atoms with E-state index in [1.54, 1.807) is 6.92 Å². The van der Waals surface area contributed by atoms with Gasteiger partial charge < -0.3 is 9.84 Å². The molecule has 4 nitrogen and oxygen atoms in total. The summed E-state index contributed by atoms with van der Waals surface area (Å²) < 4.78 is 4.68. The van der Waals surface area contributed by atoms with Crippen molar-refractivity contribution in [1.29, 1.82) is 0 Å². The third-order valence-corrected chi connectivity index (χ3v) is 1.19. The van der Waals surface area contributed by atoms with Crippen molar-refractivity contribution in [2.75, 3.05) is 6.61 Å². The lowest BCUT2D eigenvalue weighted by molar-refractivity contribution is 0.0525. The molecule has 0 saturated carbocycles. The normalized spacial score (nSPS) is 9.42. The molecule has 63 valence electrons. The van der Waals surface area contributed by atoms with Gasteiger partial charge in [-0.05, 0) is 13.0 Å². The van der Waals surface area contributed by atoms with Crippen LogP contribution in [0.1, 0.15) is 17.3 Å². The van der Waals surface area contributed by atoms with E-state index in [9.17, 15) is 4.79 Å². The summed E-state index contributed by atoms with van der Waals surface area (Å²) in [4.78, 5) is 14.4. The molecule has 12 heavy (non-hydrogen) atoms. The van der Waals surface area contributed by atoms with Gasteiger partial charge in [-0.25, -0.2) is 9.78 Å². The van der Waals surface area contributed by atoms with Crippen LogP contribution in [0.5, 0.6) is 5.88 Å². The number of hydrogen-bond donors (Lipinski definition) is 1. The lowest BCUT2D eigenvalue weighted by Gasteiger charge is -1.99. The molecule has 1 heterocycles. The molecule has 0 unspecified atom stereocenters. The van der Waals surface area contributed by atoms with Crippen LogP contribution in [0.2, 0.25) is 0 Å². The highest BCUT2D eigenvalue weighted by Gasteiger charge is 2.06. The molecule has 0 amide bonds. The number of rotatable bonds is 2. The molecule has 1 radical (unpaired) electrons. The monoisotopic (exact) mass is 166 g/mol. The van der Waals surface area contributed by atoms with Gasteiger partial charge in [-0.15, -0.1) is 0 Å². The second kappa shape index (κ2) is 3.71. The Morgan fingerprint density at radius 1 is 1.75 bits per heavy atom. The zero-order chi connectivity index (χ0) is 8.97. The molecule has 0 atom stereocenters. The van der Waals surface area contributed by atoms with Gasteiger partial charge in [0.2, 0.25) is 5.88 Å². The van der Waals surface area contributed by atoms with Gasteiger partial charge in [0, 0.05) is 6.07 Å². The standard InChI is InChI=1S/C8H8NO3/c1-2-12-8(11)6-3-4-7(10)9-5-6/h3-4H,2H2,1H3,(H,9,10). The second-order valence-electron chi connectivity index (χ2n) is 2.05. The van der Waals surface area contributed by atoms with E-state index in [1.807, 2.05) is 0 Å². The fourth-order valence-corrected chi connectivity index (χ4v) is 0.672. The molecule has 0 aliphatic rings. The van der Waals surface area contributed by atoms with E-state index < -0.39 is 5.97 Å². The number of pyridine rings is 1. The molecule has 0 spiro atoms. The maximum atomic E-state index is 11.0. The van der Waals surface area contributed by atoms with Crippen LogP contribution in [0.25, 0.3) is 0 Å². The first kappa shape index (κ1) is 8.52. The SMILES string of the molecule is CCOC(=O)c1[c]nc(O)cc1. The highest BCUT2D eigenvalue weighted by molar-refractivity contribution is 5.88. The average Bonchev–Trinajstić information content (AvgIpc) is 2.06. The van der Waals surface area contributed by atoms with Crippen molar-refractivity contribution in [2.24, 2.45) is 0 Å². The summed E-state index contributed by atoms with van der Waals surface area (Å²) in [6.45, 7) is 2.03. The van der Waals surface area contributed by atoms with E-state index in [0.717, 1.165) is 0 Å². The van der Waals surface area contributed by atoms with Crippen LogP contribution in [-0.2, 0) is 4.74 Å². The third kappa shape index (κ3) is 1.95. The first-order chi connectivity index (χ1) is 5.74. The van der Waals surface area contributed by atoms with Crippen LogP contribution in [0, 0.1) is 6.20 Å². The number of aromatic hydroxyl groups is 1. The first-order valence-electron chi connectivity index (χ1n) is 3.49. The van der Waals surface area contributed by atoms with Gasteiger partial charge in [-0.2, -0.15) is 0 Å². The maximum Gasteiger partial charge on any atom is 0.340 e. The second-order valence-corrected chi connectivity index (χ2v) is 2.05. The van der Waals surface area contributed by atoms with Gasteiger partial charge in [0.15, 0.2) is 0 Å². The Labute approximate surface area is 69.8 Å². The fourth-order valence-electron chi connectivity index (χ4n) is 0.672.